The molecule has 7 heteroatoms. The molecule has 0 bridgehead atoms. The van der Waals surface area contributed by atoms with Gasteiger partial charge in [-0.15, -0.1) is 0 Å². The number of nitrogens with zero attached hydrogens (tertiary/aromatic N) is 1. The Labute approximate surface area is 121 Å². The predicted octanol–water partition coefficient (Wildman–Crippen LogP) is 3.20. The minimum atomic E-state index is -1.15. The van der Waals surface area contributed by atoms with E-state index in [1.165, 1.54) is 18.2 Å². The number of hydrogen-bond acceptors (Lipinski definition) is 2. The topological polar surface area (TPSA) is 69.6 Å². The minimum Gasteiger partial charge on any atom is -0.480 e. The second-order valence-electron chi connectivity index (χ2n) is 5.18. The molecule has 1 aromatic carbocycles. The Morgan fingerprint density at radius 3 is 2.50 bits per heavy atom. The summed E-state index contributed by atoms with van der Waals surface area (Å²) in [6.45, 7) is 4.56. The third-order valence-electron chi connectivity index (χ3n) is 2.54. The van der Waals surface area contributed by atoms with Crippen LogP contribution in [0.2, 0.25) is 5.02 Å². The van der Waals surface area contributed by atoms with E-state index in [1.54, 1.807) is 20.8 Å². The molecular weight excluding hydrogens is 287 g/mol. The molecule has 0 aliphatic heterocycles. The molecule has 0 saturated heterocycles. The molecule has 2 N–H and O–H groups in total. The zero-order valence-corrected chi connectivity index (χ0v) is 12.2. The van der Waals surface area contributed by atoms with Crippen molar-refractivity contribution in [3.63, 3.8) is 0 Å². The van der Waals surface area contributed by atoms with E-state index in [2.05, 4.69) is 5.32 Å². The normalized spacial score (nSPS) is 11.1. The molecule has 0 radical (unpaired) electrons. The van der Waals surface area contributed by atoms with Crippen LogP contribution in [0.1, 0.15) is 20.8 Å². The standard InChI is InChI=1S/C13H16ClFN2O3/c1-13(2,3)17(7-10(18)19)12(20)16-9-6-4-5-8(14)11(9)15/h4-6H,7H2,1-3H3,(H,16,20)(H,18,19). The fraction of sp³-hybridized carbons (Fsp3) is 0.385. The molecule has 0 fully saturated rings. The van der Waals surface area contributed by atoms with Crippen LogP contribution < -0.4 is 5.32 Å². The van der Waals surface area contributed by atoms with Gasteiger partial charge in [0, 0.05) is 5.54 Å². The number of carboxylic acids is 1. The zero-order chi connectivity index (χ0) is 15.5. The maximum Gasteiger partial charge on any atom is 0.323 e. The Balaban J connectivity index is 2.97. The molecule has 0 spiro atoms. The lowest BCUT2D eigenvalue weighted by atomic mass is 10.1. The molecule has 110 valence electrons. The summed E-state index contributed by atoms with van der Waals surface area (Å²) in [7, 11) is 0. The van der Waals surface area contributed by atoms with Crippen molar-refractivity contribution in [3.05, 3.63) is 29.0 Å². The zero-order valence-electron chi connectivity index (χ0n) is 11.4. The van der Waals surface area contributed by atoms with E-state index in [9.17, 15) is 14.0 Å². The van der Waals surface area contributed by atoms with Crippen molar-refractivity contribution >= 4 is 29.3 Å². The average molecular weight is 303 g/mol. The van der Waals surface area contributed by atoms with Gasteiger partial charge in [0.1, 0.15) is 6.54 Å². The third kappa shape index (κ3) is 4.09. The average Bonchev–Trinajstić information content (AvgIpc) is 2.30. The first-order chi connectivity index (χ1) is 9.12. The number of amides is 2. The van der Waals surface area contributed by atoms with Crippen LogP contribution in [0.15, 0.2) is 18.2 Å². The van der Waals surface area contributed by atoms with E-state index in [0.717, 1.165) is 4.90 Å². The lowest BCUT2D eigenvalue weighted by Crippen LogP contribution is -2.50. The number of urea groups is 1. The van der Waals surface area contributed by atoms with E-state index in [4.69, 9.17) is 16.7 Å². The molecule has 20 heavy (non-hydrogen) atoms. The van der Waals surface area contributed by atoms with Gasteiger partial charge in [0.25, 0.3) is 0 Å². The van der Waals surface area contributed by atoms with Crippen molar-refractivity contribution in [2.45, 2.75) is 26.3 Å². The van der Waals surface area contributed by atoms with E-state index in [-0.39, 0.29) is 10.7 Å². The van der Waals surface area contributed by atoms with Crippen LogP contribution in [0, 0.1) is 5.82 Å². The first-order valence-corrected chi connectivity index (χ1v) is 6.25. The van der Waals surface area contributed by atoms with Crippen molar-refractivity contribution in [3.8, 4) is 0 Å². The number of carboxylic acid groups (broad SMARTS) is 1. The Kier molecular flexibility index (Phi) is 4.94. The molecule has 0 heterocycles. The quantitative estimate of drug-likeness (QED) is 0.901. The van der Waals surface area contributed by atoms with Gasteiger partial charge in [-0.2, -0.15) is 0 Å². The predicted molar refractivity (Wildman–Crippen MR) is 74.5 cm³/mol. The lowest BCUT2D eigenvalue weighted by Gasteiger charge is -2.34. The van der Waals surface area contributed by atoms with Gasteiger partial charge in [0.2, 0.25) is 0 Å². The van der Waals surface area contributed by atoms with E-state index in [0.29, 0.717) is 0 Å². The van der Waals surface area contributed by atoms with Gasteiger partial charge >= 0.3 is 12.0 Å². The number of carbonyl (C=O) groups is 2. The molecule has 1 rings (SSSR count). The third-order valence-corrected chi connectivity index (χ3v) is 2.83. The number of halogens is 2. The highest BCUT2D eigenvalue weighted by atomic mass is 35.5. The van der Waals surface area contributed by atoms with Crippen LogP contribution in [0.4, 0.5) is 14.9 Å². The number of anilines is 1. The second kappa shape index (κ2) is 6.09. The molecule has 2 amide bonds. The highest BCUT2D eigenvalue weighted by molar-refractivity contribution is 6.31. The summed E-state index contributed by atoms with van der Waals surface area (Å²) in [5.41, 5.74) is -0.820. The van der Waals surface area contributed by atoms with Gasteiger partial charge in [0.15, 0.2) is 5.82 Å². The van der Waals surface area contributed by atoms with Crippen molar-refractivity contribution in [2.24, 2.45) is 0 Å². The number of hydrogen-bond donors (Lipinski definition) is 2. The fourth-order valence-corrected chi connectivity index (χ4v) is 1.71. The van der Waals surface area contributed by atoms with Crippen LogP contribution >= 0.6 is 11.6 Å². The van der Waals surface area contributed by atoms with Crippen molar-refractivity contribution in [1.29, 1.82) is 0 Å². The largest absolute Gasteiger partial charge is 0.480 e. The van der Waals surface area contributed by atoms with Crippen molar-refractivity contribution < 1.29 is 19.1 Å². The summed E-state index contributed by atoms with van der Waals surface area (Å²) in [6, 6.07) is 3.48. The first-order valence-electron chi connectivity index (χ1n) is 5.87. The van der Waals surface area contributed by atoms with Gasteiger partial charge in [0.05, 0.1) is 10.7 Å². The van der Waals surface area contributed by atoms with Crippen molar-refractivity contribution in [1.82, 2.24) is 4.90 Å². The lowest BCUT2D eigenvalue weighted by molar-refractivity contribution is -0.138. The van der Waals surface area contributed by atoms with E-state index in [1.807, 2.05) is 0 Å². The Morgan fingerprint density at radius 1 is 1.40 bits per heavy atom. The van der Waals surface area contributed by atoms with Gasteiger partial charge in [-0.1, -0.05) is 17.7 Å². The summed E-state index contributed by atoms with van der Waals surface area (Å²) in [5, 5.41) is 11.0. The number of rotatable bonds is 3. The molecule has 0 unspecified atom stereocenters. The Hall–Kier alpha value is -1.82. The molecular formula is C13H16ClFN2O3. The molecule has 0 atom stereocenters. The summed E-state index contributed by atoms with van der Waals surface area (Å²) < 4.78 is 13.7. The van der Waals surface area contributed by atoms with Gasteiger partial charge < -0.3 is 15.3 Å². The second-order valence-corrected chi connectivity index (χ2v) is 5.59. The summed E-state index contributed by atoms with van der Waals surface area (Å²) in [4.78, 5) is 24.0. The molecule has 0 aromatic heterocycles. The SMILES string of the molecule is CC(C)(C)N(CC(=O)O)C(=O)Nc1cccc(Cl)c1F. The van der Waals surface area contributed by atoms with Gasteiger partial charge in [-0.05, 0) is 32.9 Å². The Morgan fingerprint density at radius 2 is 2.00 bits per heavy atom. The fourth-order valence-electron chi connectivity index (χ4n) is 1.53. The summed E-state index contributed by atoms with van der Waals surface area (Å²) in [5.74, 6) is -1.91. The maximum atomic E-state index is 13.7. The van der Waals surface area contributed by atoms with Crippen LogP contribution in [-0.2, 0) is 4.79 Å². The minimum absolute atomic E-state index is 0.0952. The van der Waals surface area contributed by atoms with Crippen molar-refractivity contribution in [2.75, 3.05) is 11.9 Å². The highest BCUT2D eigenvalue weighted by Crippen LogP contribution is 2.23. The molecule has 0 saturated carbocycles. The summed E-state index contributed by atoms with van der Waals surface area (Å²) >= 11 is 5.62. The highest BCUT2D eigenvalue weighted by Gasteiger charge is 2.29. The van der Waals surface area contributed by atoms with Gasteiger partial charge in [-0.25, -0.2) is 9.18 Å². The molecule has 1 aromatic rings. The number of benzene rings is 1. The van der Waals surface area contributed by atoms with E-state index >= 15 is 0 Å². The maximum absolute atomic E-state index is 13.7. The van der Waals surface area contributed by atoms with Crippen LogP contribution in [0.5, 0.6) is 0 Å². The van der Waals surface area contributed by atoms with Gasteiger partial charge in [-0.3, -0.25) is 4.79 Å². The number of carbonyl (C=O) groups excluding carboxylic acids is 1. The monoisotopic (exact) mass is 302 g/mol. The number of nitrogens with one attached hydrogen (secondary N) is 1. The molecule has 5 nitrogen and oxygen atoms in total. The molecule has 0 aliphatic rings. The summed E-state index contributed by atoms with van der Waals surface area (Å²) in [6.07, 6.45) is 0. The smallest absolute Gasteiger partial charge is 0.323 e. The molecule has 0 aliphatic carbocycles. The number of aliphatic carboxylic acids is 1. The van der Waals surface area contributed by atoms with Crippen LogP contribution in [0.3, 0.4) is 0 Å². The van der Waals surface area contributed by atoms with Crippen LogP contribution in [-0.4, -0.2) is 34.1 Å². The van der Waals surface area contributed by atoms with Crippen LogP contribution in [0.25, 0.3) is 0 Å². The van der Waals surface area contributed by atoms with E-state index < -0.39 is 29.9 Å². The Bertz CT molecular complexity index is 529. The first kappa shape index (κ1) is 16.2.